The van der Waals surface area contributed by atoms with Gasteiger partial charge in [-0.15, -0.1) is 0 Å². The molecule has 0 saturated heterocycles. The molecular formula is C27H16N4. The van der Waals surface area contributed by atoms with Crippen molar-refractivity contribution in [2.75, 3.05) is 0 Å². The summed E-state index contributed by atoms with van der Waals surface area (Å²) in [6, 6.07) is 19.6. The van der Waals surface area contributed by atoms with Gasteiger partial charge < -0.3 is 0 Å². The lowest BCUT2D eigenvalue weighted by Crippen LogP contribution is -1.98. The molecule has 0 bridgehead atoms. The fourth-order valence-electron chi connectivity index (χ4n) is 5.71. The smallest absolute Gasteiger partial charge is 0.164 e. The first-order valence-corrected chi connectivity index (χ1v) is 10.6. The van der Waals surface area contributed by atoms with Gasteiger partial charge in [0.15, 0.2) is 5.65 Å². The van der Waals surface area contributed by atoms with E-state index in [1.165, 1.54) is 39.1 Å². The number of rotatable bonds is 0. The Bertz CT molecular complexity index is 1740. The summed E-state index contributed by atoms with van der Waals surface area (Å²) < 4.78 is 2.31. The largest absolute Gasteiger partial charge is 0.289 e. The molecule has 0 unspecified atom stereocenters. The van der Waals surface area contributed by atoms with E-state index >= 15 is 0 Å². The maximum absolute atomic E-state index is 5.13. The Morgan fingerprint density at radius 1 is 0.774 bits per heavy atom. The molecule has 2 aliphatic rings. The second-order valence-corrected chi connectivity index (χ2v) is 8.50. The summed E-state index contributed by atoms with van der Waals surface area (Å²) in [7, 11) is 0. The van der Waals surface area contributed by atoms with E-state index in [-0.39, 0.29) is 0 Å². The van der Waals surface area contributed by atoms with Crippen molar-refractivity contribution < 1.29 is 0 Å². The molecule has 0 spiro atoms. The number of pyridine rings is 3. The third kappa shape index (κ3) is 1.84. The van der Waals surface area contributed by atoms with Crippen molar-refractivity contribution in [3.63, 3.8) is 0 Å². The van der Waals surface area contributed by atoms with Crippen LogP contribution in [0.3, 0.4) is 0 Å². The van der Waals surface area contributed by atoms with E-state index in [1.54, 1.807) is 0 Å². The molecule has 8 rings (SSSR count). The van der Waals surface area contributed by atoms with E-state index in [9.17, 15) is 0 Å². The molecule has 4 nitrogen and oxygen atoms in total. The predicted molar refractivity (Wildman–Crippen MR) is 122 cm³/mol. The number of nitrogens with zero attached hydrogens (tertiary/aromatic N) is 4. The van der Waals surface area contributed by atoms with E-state index in [4.69, 9.17) is 9.97 Å². The number of aromatic nitrogens is 4. The van der Waals surface area contributed by atoms with Gasteiger partial charge >= 0.3 is 0 Å². The van der Waals surface area contributed by atoms with E-state index in [1.807, 2.05) is 24.7 Å². The second-order valence-electron chi connectivity index (χ2n) is 8.50. The Labute approximate surface area is 177 Å². The third-order valence-electron chi connectivity index (χ3n) is 6.97. The molecule has 4 aromatic heterocycles. The van der Waals surface area contributed by atoms with E-state index < -0.39 is 0 Å². The molecule has 2 aliphatic carbocycles. The van der Waals surface area contributed by atoms with Gasteiger partial charge in [-0.3, -0.25) is 14.4 Å². The zero-order chi connectivity index (χ0) is 20.1. The van der Waals surface area contributed by atoms with Gasteiger partial charge in [-0.25, -0.2) is 4.98 Å². The second kappa shape index (κ2) is 5.35. The normalized spacial score (nSPS) is 13.5. The summed E-state index contributed by atoms with van der Waals surface area (Å²) in [6.07, 6.45) is 7.53. The minimum absolute atomic E-state index is 0.867. The van der Waals surface area contributed by atoms with E-state index in [2.05, 4.69) is 57.9 Å². The molecule has 2 aromatic carbocycles. The van der Waals surface area contributed by atoms with Crippen LogP contribution >= 0.6 is 0 Å². The van der Waals surface area contributed by atoms with Gasteiger partial charge in [0.1, 0.15) is 5.52 Å². The van der Waals surface area contributed by atoms with E-state index in [0.29, 0.717) is 0 Å². The standard InChI is InChI=1S/C27H16N4/c1-2-5-17-15(4-1)12-21-18(17)8-7-16-13-22-26(24(16)21)31-23-14-28-11-9-19(23)20-6-3-10-29-25(20)27(31)30-22/h1-11,14H,12-13H2. The van der Waals surface area contributed by atoms with Gasteiger partial charge in [-0.05, 0) is 46.4 Å². The molecule has 31 heavy (non-hydrogen) atoms. The predicted octanol–water partition coefficient (Wildman–Crippen LogP) is 5.57. The van der Waals surface area contributed by atoms with Crippen LogP contribution in [0.1, 0.15) is 22.4 Å². The van der Waals surface area contributed by atoms with Gasteiger partial charge in [0, 0.05) is 35.2 Å². The SMILES string of the molecule is c1ccc2c(c1)Cc1c-2ccc2c1-c1c(nc3c4ncccc4c4ccncc4n13)C2. The minimum Gasteiger partial charge on any atom is -0.289 e. The van der Waals surface area contributed by atoms with Crippen LogP contribution in [0.4, 0.5) is 0 Å². The summed E-state index contributed by atoms with van der Waals surface area (Å²) in [6.45, 7) is 0. The van der Waals surface area contributed by atoms with Crippen LogP contribution in [-0.4, -0.2) is 19.4 Å². The Morgan fingerprint density at radius 3 is 2.74 bits per heavy atom. The van der Waals surface area contributed by atoms with Crippen molar-refractivity contribution in [1.29, 1.82) is 0 Å². The van der Waals surface area contributed by atoms with Crippen molar-refractivity contribution >= 4 is 27.5 Å². The quantitative estimate of drug-likeness (QED) is 0.315. The zero-order valence-corrected chi connectivity index (χ0v) is 16.6. The number of hydrogen-bond acceptors (Lipinski definition) is 3. The zero-order valence-electron chi connectivity index (χ0n) is 16.6. The molecule has 0 atom stereocenters. The van der Waals surface area contributed by atoms with Crippen molar-refractivity contribution in [3.8, 4) is 22.4 Å². The highest BCUT2D eigenvalue weighted by Gasteiger charge is 2.32. The lowest BCUT2D eigenvalue weighted by molar-refractivity contribution is 1.16. The van der Waals surface area contributed by atoms with Gasteiger partial charge in [-0.2, -0.15) is 0 Å². The molecule has 0 fully saturated rings. The topological polar surface area (TPSA) is 43.1 Å². The summed E-state index contributed by atoms with van der Waals surface area (Å²) in [5.41, 5.74) is 13.6. The van der Waals surface area contributed by atoms with E-state index in [0.717, 1.165) is 46.0 Å². The maximum Gasteiger partial charge on any atom is 0.164 e. The average molecular weight is 396 g/mol. The summed E-state index contributed by atoms with van der Waals surface area (Å²) in [5, 5.41) is 2.29. The fourth-order valence-corrected chi connectivity index (χ4v) is 5.71. The molecule has 4 heteroatoms. The third-order valence-corrected chi connectivity index (χ3v) is 6.97. The number of imidazole rings is 1. The summed E-state index contributed by atoms with van der Waals surface area (Å²) >= 11 is 0. The molecule has 0 amide bonds. The van der Waals surface area contributed by atoms with Crippen LogP contribution in [0.5, 0.6) is 0 Å². The molecule has 0 saturated carbocycles. The van der Waals surface area contributed by atoms with Gasteiger partial charge in [0.05, 0.1) is 23.1 Å². The molecule has 4 heterocycles. The molecule has 144 valence electrons. The molecule has 0 radical (unpaired) electrons. The highest BCUT2D eigenvalue weighted by Crippen LogP contribution is 2.48. The van der Waals surface area contributed by atoms with Crippen LogP contribution < -0.4 is 0 Å². The van der Waals surface area contributed by atoms with Crippen LogP contribution in [0.25, 0.3) is 49.8 Å². The number of fused-ring (bicyclic) bond motifs is 14. The minimum atomic E-state index is 0.867. The van der Waals surface area contributed by atoms with Gasteiger partial charge in [-0.1, -0.05) is 42.5 Å². The van der Waals surface area contributed by atoms with Gasteiger partial charge in [0.25, 0.3) is 0 Å². The lowest BCUT2D eigenvalue weighted by atomic mass is 9.97. The van der Waals surface area contributed by atoms with Crippen molar-refractivity contribution in [2.24, 2.45) is 0 Å². The van der Waals surface area contributed by atoms with Gasteiger partial charge in [0.2, 0.25) is 0 Å². The highest BCUT2D eigenvalue weighted by molar-refractivity contribution is 6.11. The van der Waals surface area contributed by atoms with Crippen molar-refractivity contribution in [1.82, 2.24) is 19.4 Å². The maximum atomic E-state index is 5.13. The molecular weight excluding hydrogens is 380 g/mol. The molecule has 0 N–H and O–H groups in total. The monoisotopic (exact) mass is 396 g/mol. The Kier molecular flexibility index (Phi) is 2.72. The average Bonchev–Trinajstić information content (AvgIpc) is 3.48. The molecule has 0 aliphatic heterocycles. The highest BCUT2D eigenvalue weighted by atomic mass is 15.1. The van der Waals surface area contributed by atoms with Crippen LogP contribution in [-0.2, 0) is 12.8 Å². The first-order chi connectivity index (χ1) is 15.4. The fraction of sp³-hybridized carbons (Fsp3) is 0.0741. The van der Waals surface area contributed by atoms with Crippen molar-refractivity contribution in [2.45, 2.75) is 12.8 Å². The summed E-state index contributed by atoms with van der Waals surface area (Å²) in [5.74, 6) is 0. The lowest BCUT2D eigenvalue weighted by Gasteiger charge is -2.12. The van der Waals surface area contributed by atoms with Crippen LogP contribution in [0.2, 0.25) is 0 Å². The number of hydrogen-bond donors (Lipinski definition) is 0. The number of benzene rings is 2. The van der Waals surface area contributed by atoms with Crippen LogP contribution in [0.15, 0.2) is 73.2 Å². The first kappa shape index (κ1) is 15.7. The first-order valence-electron chi connectivity index (χ1n) is 10.6. The summed E-state index contributed by atoms with van der Waals surface area (Å²) in [4.78, 5) is 14.3. The Morgan fingerprint density at radius 2 is 1.74 bits per heavy atom. The van der Waals surface area contributed by atoms with Crippen molar-refractivity contribution in [3.05, 3.63) is 95.6 Å². The Hall–Kier alpha value is -4.05. The Balaban J connectivity index is 1.55. The van der Waals surface area contributed by atoms with Crippen LogP contribution in [0, 0.1) is 0 Å². The molecule has 6 aromatic rings.